The number of alkyl halides is 1. The number of hydrogen-bond donors (Lipinski definition) is 1. The van der Waals surface area contributed by atoms with Crippen LogP contribution in [0.25, 0.3) is 0 Å². The Labute approximate surface area is 164 Å². The van der Waals surface area contributed by atoms with Crippen LogP contribution in [0, 0.1) is 11.8 Å². The number of carbonyl (C=O) groups excluding carboxylic acids is 2. The fraction of sp³-hybridized carbons (Fsp3) is 0.391. The van der Waals surface area contributed by atoms with Gasteiger partial charge in [0.2, 0.25) is 0 Å². The third-order valence-electron chi connectivity index (χ3n) is 5.92. The van der Waals surface area contributed by atoms with Crippen molar-refractivity contribution in [3.8, 4) is 5.75 Å². The van der Waals surface area contributed by atoms with Gasteiger partial charge in [-0.1, -0.05) is 37.3 Å². The van der Waals surface area contributed by atoms with Crippen LogP contribution in [0.2, 0.25) is 0 Å². The standard InChI is InChI=1S/C23H24FNO3/c1-13-8-15(13)11-19(26)16-9-17-21(14-6-4-3-5-7-14)20(12-24)28-22(17)18(10-16)23(27)25-2/h3-7,9-10,13,15,20-21H,8,11-12H2,1-2H3,(H,25,27)/t13-,15+,20+,21-/m0/s1. The topological polar surface area (TPSA) is 55.4 Å². The number of fused-ring (bicyclic) bond motifs is 1. The number of nitrogens with one attached hydrogen (secondary N) is 1. The van der Waals surface area contributed by atoms with Gasteiger partial charge in [-0.25, -0.2) is 4.39 Å². The zero-order valence-electron chi connectivity index (χ0n) is 16.1. The molecule has 0 spiro atoms. The number of benzene rings is 2. The molecule has 1 fully saturated rings. The van der Waals surface area contributed by atoms with Crippen molar-refractivity contribution in [1.82, 2.24) is 5.32 Å². The molecule has 1 N–H and O–H groups in total. The van der Waals surface area contributed by atoms with Gasteiger partial charge in [0.25, 0.3) is 5.91 Å². The maximum absolute atomic E-state index is 13.8. The van der Waals surface area contributed by atoms with Crippen LogP contribution < -0.4 is 10.1 Å². The van der Waals surface area contributed by atoms with E-state index in [4.69, 9.17) is 4.74 Å². The van der Waals surface area contributed by atoms with Gasteiger partial charge in [-0.3, -0.25) is 9.59 Å². The van der Waals surface area contributed by atoms with Crippen molar-refractivity contribution in [2.75, 3.05) is 13.7 Å². The van der Waals surface area contributed by atoms with Crippen molar-refractivity contribution in [2.45, 2.75) is 31.8 Å². The maximum Gasteiger partial charge on any atom is 0.254 e. The first-order valence-electron chi connectivity index (χ1n) is 9.74. The van der Waals surface area contributed by atoms with Gasteiger partial charge < -0.3 is 10.1 Å². The fourth-order valence-corrected chi connectivity index (χ4v) is 4.11. The molecule has 2 aromatic carbocycles. The number of ketones is 1. The van der Waals surface area contributed by atoms with Gasteiger partial charge in [-0.2, -0.15) is 0 Å². The summed E-state index contributed by atoms with van der Waals surface area (Å²) in [5.41, 5.74) is 2.42. The van der Waals surface area contributed by atoms with Gasteiger partial charge in [-0.05, 0) is 36.0 Å². The first-order valence-corrected chi connectivity index (χ1v) is 9.74. The molecule has 0 aromatic heterocycles. The second-order valence-corrected chi connectivity index (χ2v) is 7.82. The van der Waals surface area contributed by atoms with E-state index in [9.17, 15) is 14.0 Å². The van der Waals surface area contributed by atoms with Crippen LogP contribution in [-0.2, 0) is 0 Å². The Balaban J connectivity index is 1.80. The minimum atomic E-state index is -0.713. The zero-order chi connectivity index (χ0) is 19.8. The summed E-state index contributed by atoms with van der Waals surface area (Å²) in [6.07, 6.45) is 0.837. The van der Waals surface area contributed by atoms with Crippen LogP contribution in [0.3, 0.4) is 0 Å². The molecule has 5 heteroatoms. The van der Waals surface area contributed by atoms with E-state index in [0.717, 1.165) is 12.0 Å². The van der Waals surface area contributed by atoms with E-state index in [0.29, 0.717) is 40.7 Å². The number of ether oxygens (including phenoxy) is 1. The Morgan fingerprint density at radius 3 is 2.54 bits per heavy atom. The van der Waals surface area contributed by atoms with E-state index in [2.05, 4.69) is 12.2 Å². The Bertz CT molecular complexity index is 912. The summed E-state index contributed by atoms with van der Waals surface area (Å²) in [4.78, 5) is 25.3. The van der Waals surface area contributed by atoms with Crippen LogP contribution in [-0.4, -0.2) is 31.5 Å². The van der Waals surface area contributed by atoms with Crippen molar-refractivity contribution in [1.29, 1.82) is 0 Å². The molecule has 4 atom stereocenters. The van der Waals surface area contributed by atoms with Crippen molar-refractivity contribution in [3.63, 3.8) is 0 Å². The molecule has 1 aliphatic carbocycles. The molecule has 1 amide bonds. The molecule has 146 valence electrons. The van der Waals surface area contributed by atoms with Crippen LogP contribution in [0.5, 0.6) is 5.75 Å². The van der Waals surface area contributed by atoms with Gasteiger partial charge in [0.1, 0.15) is 18.5 Å². The predicted octanol–water partition coefficient (Wildman–Crippen LogP) is 4.14. The average molecular weight is 381 g/mol. The summed E-state index contributed by atoms with van der Waals surface area (Å²) in [6, 6.07) is 12.9. The largest absolute Gasteiger partial charge is 0.486 e. The van der Waals surface area contributed by atoms with E-state index in [1.165, 1.54) is 7.05 Å². The molecule has 4 rings (SSSR count). The predicted molar refractivity (Wildman–Crippen MR) is 105 cm³/mol. The molecular weight excluding hydrogens is 357 g/mol. The van der Waals surface area contributed by atoms with E-state index in [-0.39, 0.29) is 17.6 Å². The number of halogens is 1. The number of hydrogen-bond acceptors (Lipinski definition) is 3. The Morgan fingerprint density at radius 1 is 1.21 bits per heavy atom. The highest BCUT2D eigenvalue weighted by Gasteiger charge is 2.40. The van der Waals surface area contributed by atoms with Crippen LogP contribution in [0.1, 0.15) is 57.5 Å². The SMILES string of the molecule is CNC(=O)c1cc(C(=O)C[C@H]2C[C@@H]2C)cc2c1O[C@H](CF)[C@H]2c1ccccc1. The Morgan fingerprint density at radius 2 is 1.93 bits per heavy atom. The highest BCUT2D eigenvalue weighted by Crippen LogP contribution is 2.46. The minimum Gasteiger partial charge on any atom is -0.486 e. The van der Waals surface area contributed by atoms with Crippen LogP contribution in [0.15, 0.2) is 42.5 Å². The molecule has 1 heterocycles. The Kier molecular flexibility index (Phi) is 4.92. The smallest absolute Gasteiger partial charge is 0.254 e. The number of carbonyl (C=O) groups is 2. The van der Waals surface area contributed by atoms with Gasteiger partial charge in [0.05, 0.1) is 11.5 Å². The molecule has 1 aliphatic heterocycles. The molecule has 4 nitrogen and oxygen atoms in total. The van der Waals surface area contributed by atoms with Crippen molar-refractivity contribution >= 4 is 11.7 Å². The zero-order valence-corrected chi connectivity index (χ0v) is 16.1. The highest BCUT2D eigenvalue weighted by atomic mass is 19.1. The van der Waals surface area contributed by atoms with E-state index < -0.39 is 12.8 Å². The van der Waals surface area contributed by atoms with E-state index in [1.54, 1.807) is 12.1 Å². The summed E-state index contributed by atoms with van der Waals surface area (Å²) in [7, 11) is 1.53. The summed E-state index contributed by atoms with van der Waals surface area (Å²) >= 11 is 0. The van der Waals surface area contributed by atoms with Gasteiger partial charge in [-0.15, -0.1) is 0 Å². The molecule has 2 aromatic rings. The molecule has 28 heavy (non-hydrogen) atoms. The number of rotatable bonds is 6. The summed E-state index contributed by atoms with van der Waals surface area (Å²) < 4.78 is 19.7. The van der Waals surface area contributed by atoms with Crippen molar-refractivity contribution in [2.24, 2.45) is 11.8 Å². The molecule has 0 radical (unpaired) electrons. The second kappa shape index (κ2) is 7.38. The molecule has 0 bridgehead atoms. The lowest BCUT2D eigenvalue weighted by Gasteiger charge is -2.16. The van der Waals surface area contributed by atoms with E-state index in [1.807, 2.05) is 30.3 Å². The third-order valence-corrected chi connectivity index (χ3v) is 5.92. The third kappa shape index (κ3) is 3.30. The van der Waals surface area contributed by atoms with Crippen molar-refractivity contribution in [3.05, 3.63) is 64.7 Å². The Hall–Kier alpha value is -2.69. The lowest BCUT2D eigenvalue weighted by molar-refractivity contribution is 0.0955. The number of Topliss-reactive ketones (excluding diaryl/α,β-unsaturated/α-hetero) is 1. The van der Waals surface area contributed by atoms with Crippen LogP contribution in [0.4, 0.5) is 4.39 Å². The first kappa shape index (κ1) is 18.7. The maximum atomic E-state index is 13.8. The molecule has 1 saturated carbocycles. The lowest BCUT2D eigenvalue weighted by atomic mass is 9.86. The van der Waals surface area contributed by atoms with Gasteiger partial charge in [0.15, 0.2) is 5.78 Å². The molecule has 0 saturated heterocycles. The normalized spacial score (nSPS) is 25.0. The molecule has 2 aliphatic rings. The second-order valence-electron chi connectivity index (χ2n) is 7.82. The fourth-order valence-electron chi connectivity index (χ4n) is 4.11. The summed E-state index contributed by atoms with van der Waals surface area (Å²) in [6.45, 7) is 1.46. The highest BCUT2D eigenvalue weighted by molar-refractivity contribution is 6.03. The minimum absolute atomic E-state index is 0.0258. The average Bonchev–Trinajstić information content (AvgIpc) is 3.27. The van der Waals surface area contributed by atoms with Crippen LogP contribution >= 0.6 is 0 Å². The first-order chi connectivity index (χ1) is 13.5. The van der Waals surface area contributed by atoms with Gasteiger partial charge in [0, 0.05) is 24.6 Å². The number of amides is 1. The van der Waals surface area contributed by atoms with Gasteiger partial charge >= 0.3 is 0 Å². The summed E-state index contributed by atoms with van der Waals surface area (Å²) in [5, 5.41) is 2.60. The monoisotopic (exact) mass is 381 g/mol. The molecular formula is C23H24FNO3. The van der Waals surface area contributed by atoms with E-state index >= 15 is 0 Å². The molecule has 0 unspecified atom stereocenters. The quantitative estimate of drug-likeness (QED) is 0.765. The summed E-state index contributed by atoms with van der Waals surface area (Å²) in [5.74, 6) is 0.719. The lowest BCUT2D eigenvalue weighted by Crippen LogP contribution is -2.22. The van der Waals surface area contributed by atoms with Crippen molar-refractivity contribution < 1.29 is 18.7 Å².